The number of aliphatic hydroxyl groups excluding tert-OH is 1. The first-order chi connectivity index (χ1) is 7.56. The minimum atomic E-state index is -1.28. The van der Waals surface area contributed by atoms with Crippen LogP contribution < -0.4 is 0 Å². The molecule has 2 rings (SSSR count). The largest absolute Gasteiger partial charge is 0.477 e. The Balaban J connectivity index is 2.32. The number of aliphatic hydroxyl groups is 1. The summed E-state index contributed by atoms with van der Waals surface area (Å²) in [6, 6.07) is -1.45. The van der Waals surface area contributed by atoms with Crippen molar-refractivity contribution < 1.29 is 19.8 Å². The predicted molar refractivity (Wildman–Crippen MR) is 49.9 cm³/mol. The van der Waals surface area contributed by atoms with E-state index in [-0.39, 0.29) is 12.1 Å². The molecule has 16 heavy (non-hydrogen) atoms. The van der Waals surface area contributed by atoms with E-state index in [4.69, 9.17) is 10.6 Å². The van der Waals surface area contributed by atoms with E-state index in [1.165, 1.54) is 0 Å². The van der Waals surface area contributed by atoms with Gasteiger partial charge in [-0.2, -0.15) is 0 Å². The fourth-order valence-corrected chi connectivity index (χ4v) is 2.00. The lowest BCUT2D eigenvalue weighted by atomic mass is 9.86. The topological polar surface area (TPSA) is 127 Å². The summed E-state index contributed by atoms with van der Waals surface area (Å²) in [6.45, 7) is 0. The van der Waals surface area contributed by atoms with E-state index < -0.39 is 30.1 Å². The number of hydrogen-bond acceptors (Lipinski definition) is 4. The number of azide groups is 1. The molecule has 3 unspecified atom stereocenters. The van der Waals surface area contributed by atoms with E-state index in [1.54, 1.807) is 0 Å². The molecule has 1 saturated heterocycles. The zero-order valence-corrected chi connectivity index (χ0v) is 8.02. The molecule has 2 heterocycles. The number of aliphatic carboxylic acids is 1. The number of rotatable bonds is 2. The second-order valence-corrected chi connectivity index (χ2v) is 3.59. The van der Waals surface area contributed by atoms with E-state index in [2.05, 4.69) is 10.0 Å². The van der Waals surface area contributed by atoms with Crippen molar-refractivity contribution in [3.8, 4) is 0 Å². The van der Waals surface area contributed by atoms with Gasteiger partial charge in [0.25, 0.3) is 0 Å². The van der Waals surface area contributed by atoms with Crippen LogP contribution in [0, 0.1) is 0 Å². The van der Waals surface area contributed by atoms with Gasteiger partial charge in [-0.25, -0.2) is 4.79 Å². The molecule has 2 aliphatic heterocycles. The lowest BCUT2D eigenvalue weighted by Crippen LogP contribution is -2.66. The number of carbonyl (C=O) groups is 2. The normalized spacial score (nSPS) is 32.1. The zero-order chi connectivity index (χ0) is 11.9. The molecule has 0 aromatic carbocycles. The quantitative estimate of drug-likeness (QED) is 0.286. The van der Waals surface area contributed by atoms with E-state index in [0.717, 1.165) is 11.0 Å². The van der Waals surface area contributed by atoms with Gasteiger partial charge in [0.1, 0.15) is 11.7 Å². The van der Waals surface area contributed by atoms with Crippen molar-refractivity contribution in [2.45, 2.75) is 24.6 Å². The summed E-state index contributed by atoms with van der Waals surface area (Å²) < 4.78 is 0. The van der Waals surface area contributed by atoms with Crippen molar-refractivity contribution in [2.75, 3.05) is 0 Å². The third-order valence-electron chi connectivity index (χ3n) is 2.67. The molecule has 1 amide bonds. The summed E-state index contributed by atoms with van der Waals surface area (Å²) in [6.07, 6.45) is 0.367. The Hall–Kier alpha value is -2.05. The number of carbonyl (C=O) groups excluding carboxylic acids is 1. The molecule has 0 saturated carbocycles. The number of amides is 1. The van der Waals surface area contributed by atoms with Crippen LogP contribution in [0.5, 0.6) is 0 Å². The lowest BCUT2D eigenvalue weighted by Gasteiger charge is -2.48. The SMILES string of the molecule is [N-]=[N+]=NC1C(=O)N2C(C(=O)O)=CC(O)CC12. The fourth-order valence-electron chi connectivity index (χ4n) is 2.00. The Bertz CT molecular complexity index is 439. The Morgan fingerprint density at radius 3 is 2.94 bits per heavy atom. The molecule has 84 valence electrons. The van der Waals surface area contributed by atoms with Gasteiger partial charge < -0.3 is 15.1 Å². The third kappa shape index (κ3) is 1.32. The standard InChI is InChI=1S/C8H8N4O4/c9-11-10-6-4-1-3(13)2-5(8(15)16)12(4)7(6)14/h2-4,6,13H,1H2,(H,15,16). The zero-order valence-electron chi connectivity index (χ0n) is 8.02. The average Bonchev–Trinajstić information content (AvgIpc) is 2.24. The molecule has 2 aliphatic rings. The molecule has 0 aromatic heterocycles. The van der Waals surface area contributed by atoms with Crippen LogP contribution >= 0.6 is 0 Å². The molecule has 0 aromatic rings. The molecular formula is C8H8N4O4. The smallest absolute Gasteiger partial charge is 0.352 e. The molecule has 8 heteroatoms. The summed E-state index contributed by atoms with van der Waals surface area (Å²) in [5.41, 5.74) is 7.99. The maximum absolute atomic E-state index is 11.5. The van der Waals surface area contributed by atoms with Gasteiger partial charge in [-0.05, 0) is 18.0 Å². The van der Waals surface area contributed by atoms with Crippen LogP contribution in [0.2, 0.25) is 0 Å². The third-order valence-corrected chi connectivity index (χ3v) is 2.67. The van der Waals surface area contributed by atoms with E-state index in [9.17, 15) is 14.7 Å². The van der Waals surface area contributed by atoms with Gasteiger partial charge in [-0.3, -0.25) is 4.79 Å². The Morgan fingerprint density at radius 1 is 1.69 bits per heavy atom. The summed E-state index contributed by atoms with van der Waals surface area (Å²) in [5.74, 6) is -1.82. The lowest BCUT2D eigenvalue weighted by molar-refractivity contribution is -0.153. The molecule has 2 N–H and O–H groups in total. The Morgan fingerprint density at radius 2 is 2.38 bits per heavy atom. The van der Waals surface area contributed by atoms with Gasteiger partial charge >= 0.3 is 5.97 Å². The number of fused-ring (bicyclic) bond motifs is 1. The first-order valence-electron chi connectivity index (χ1n) is 4.56. The number of nitrogens with zero attached hydrogens (tertiary/aromatic N) is 4. The second kappa shape index (κ2) is 3.51. The van der Waals surface area contributed by atoms with Crippen LogP contribution in [0.15, 0.2) is 16.9 Å². The van der Waals surface area contributed by atoms with Crippen LogP contribution in [-0.2, 0) is 9.59 Å². The first-order valence-corrected chi connectivity index (χ1v) is 4.56. The predicted octanol–water partition coefficient (Wildman–Crippen LogP) is -0.391. The van der Waals surface area contributed by atoms with Crippen LogP contribution in [-0.4, -0.2) is 45.2 Å². The van der Waals surface area contributed by atoms with Gasteiger partial charge in [0.05, 0.1) is 12.1 Å². The van der Waals surface area contributed by atoms with Crippen molar-refractivity contribution in [2.24, 2.45) is 5.11 Å². The van der Waals surface area contributed by atoms with Gasteiger partial charge in [-0.15, -0.1) is 0 Å². The summed E-state index contributed by atoms with van der Waals surface area (Å²) in [5, 5.41) is 21.5. The molecule has 0 radical (unpaired) electrons. The Labute approximate surface area is 89.4 Å². The summed E-state index contributed by atoms with van der Waals surface area (Å²) in [7, 11) is 0. The highest BCUT2D eigenvalue weighted by atomic mass is 16.4. The van der Waals surface area contributed by atoms with Crippen LogP contribution in [0.3, 0.4) is 0 Å². The van der Waals surface area contributed by atoms with Crippen LogP contribution in [0.1, 0.15) is 6.42 Å². The van der Waals surface area contributed by atoms with Crippen molar-refractivity contribution in [1.29, 1.82) is 0 Å². The molecule has 0 spiro atoms. The van der Waals surface area contributed by atoms with Crippen molar-refractivity contribution in [1.82, 2.24) is 4.90 Å². The van der Waals surface area contributed by atoms with Gasteiger partial charge in [0.2, 0.25) is 5.91 Å². The minimum Gasteiger partial charge on any atom is -0.477 e. The van der Waals surface area contributed by atoms with Gasteiger partial charge in [0, 0.05) is 4.91 Å². The van der Waals surface area contributed by atoms with E-state index in [1.807, 2.05) is 0 Å². The van der Waals surface area contributed by atoms with E-state index in [0.29, 0.717) is 0 Å². The molecule has 0 bridgehead atoms. The van der Waals surface area contributed by atoms with Crippen molar-refractivity contribution >= 4 is 11.9 Å². The molecule has 1 fully saturated rings. The van der Waals surface area contributed by atoms with Crippen molar-refractivity contribution in [3.05, 3.63) is 22.2 Å². The first kappa shape index (κ1) is 10.5. The second-order valence-electron chi connectivity index (χ2n) is 3.59. The summed E-state index contributed by atoms with van der Waals surface area (Å²) in [4.78, 5) is 25.9. The number of carboxylic acid groups (broad SMARTS) is 1. The molecular weight excluding hydrogens is 216 g/mol. The highest BCUT2D eigenvalue weighted by Gasteiger charge is 2.52. The average molecular weight is 224 g/mol. The monoisotopic (exact) mass is 224 g/mol. The van der Waals surface area contributed by atoms with Crippen LogP contribution in [0.4, 0.5) is 0 Å². The maximum atomic E-state index is 11.5. The molecule has 0 aliphatic carbocycles. The molecule has 8 nitrogen and oxygen atoms in total. The highest BCUT2D eigenvalue weighted by Crippen LogP contribution is 2.35. The number of hydrogen-bond donors (Lipinski definition) is 2. The van der Waals surface area contributed by atoms with Crippen molar-refractivity contribution in [3.63, 3.8) is 0 Å². The Kier molecular flexibility index (Phi) is 2.30. The fraction of sp³-hybridized carbons (Fsp3) is 0.500. The van der Waals surface area contributed by atoms with Crippen LogP contribution in [0.25, 0.3) is 10.4 Å². The van der Waals surface area contributed by atoms with E-state index >= 15 is 0 Å². The highest BCUT2D eigenvalue weighted by molar-refractivity contribution is 5.99. The summed E-state index contributed by atoms with van der Waals surface area (Å²) >= 11 is 0. The minimum absolute atomic E-state index is 0.187. The molecule has 3 atom stereocenters. The number of β-lactam (4-membered cyclic amide) rings is 1. The maximum Gasteiger partial charge on any atom is 0.352 e. The van der Waals surface area contributed by atoms with Gasteiger partial charge in [0.15, 0.2) is 0 Å². The number of carboxylic acids is 1. The van der Waals surface area contributed by atoms with Gasteiger partial charge in [-0.1, -0.05) is 5.11 Å².